The number of rotatable bonds is 6. The van der Waals surface area contributed by atoms with Gasteiger partial charge < -0.3 is 15.2 Å². The van der Waals surface area contributed by atoms with Crippen LogP contribution in [0.15, 0.2) is 27.1 Å². The van der Waals surface area contributed by atoms with E-state index in [1.807, 2.05) is 18.2 Å². The van der Waals surface area contributed by atoms with Gasteiger partial charge >= 0.3 is 5.97 Å². The second-order valence-electron chi connectivity index (χ2n) is 3.67. The fourth-order valence-corrected chi connectivity index (χ4v) is 2.53. The molecule has 4 nitrogen and oxygen atoms in total. The van der Waals surface area contributed by atoms with Crippen LogP contribution >= 0.6 is 31.9 Å². The highest BCUT2D eigenvalue weighted by atomic mass is 79.9. The largest absolute Gasteiger partial charge is 0.466 e. The van der Waals surface area contributed by atoms with E-state index in [-0.39, 0.29) is 12.4 Å². The molecule has 0 aliphatic heterocycles. The van der Waals surface area contributed by atoms with Gasteiger partial charge in [-0.3, -0.25) is 4.79 Å². The first kappa shape index (κ1) is 15.5. The van der Waals surface area contributed by atoms with Gasteiger partial charge in [-0.15, -0.1) is 0 Å². The molecule has 18 heavy (non-hydrogen) atoms. The van der Waals surface area contributed by atoms with Crippen molar-refractivity contribution in [1.82, 2.24) is 0 Å². The topological polar surface area (TPSA) is 58.6 Å². The van der Waals surface area contributed by atoms with Crippen LogP contribution in [0.2, 0.25) is 0 Å². The molecule has 0 aliphatic rings. The van der Waals surface area contributed by atoms with Crippen molar-refractivity contribution in [2.45, 2.75) is 19.4 Å². The minimum absolute atomic E-state index is 0.00497. The second-order valence-corrected chi connectivity index (χ2v) is 5.44. The van der Waals surface area contributed by atoms with Crippen molar-refractivity contribution in [3.05, 3.63) is 27.1 Å². The van der Waals surface area contributed by atoms with Gasteiger partial charge in [0.25, 0.3) is 0 Å². The molecule has 0 fully saturated rings. The Hall–Kier alpha value is -0.590. The number of nitrogens with one attached hydrogen (secondary N) is 1. The van der Waals surface area contributed by atoms with Gasteiger partial charge in [0.05, 0.1) is 19.1 Å². The Morgan fingerprint density at radius 3 is 2.83 bits per heavy atom. The Morgan fingerprint density at radius 2 is 2.22 bits per heavy atom. The Balaban J connectivity index is 2.42. The fraction of sp³-hybridized carbons (Fsp3) is 0.417. The molecule has 1 atom stereocenters. The maximum Gasteiger partial charge on any atom is 0.308 e. The third-order valence-corrected chi connectivity index (χ3v) is 3.32. The summed E-state index contributed by atoms with van der Waals surface area (Å²) < 4.78 is 6.62. The number of hydrogen-bond acceptors (Lipinski definition) is 4. The molecule has 0 saturated heterocycles. The maximum atomic E-state index is 11.2. The van der Waals surface area contributed by atoms with Crippen LogP contribution in [0.1, 0.15) is 13.3 Å². The van der Waals surface area contributed by atoms with Crippen molar-refractivity contribution in [3.8, 4) is 0 Å². The minimum Gasteiger partial charge on any atom is -0.466 e. The quantitative estimate of drug-likeness (QED) is 0.745. The van der Waals surface area contributed by atoms with Crippen LogP contribution in [-0.4, -0.2) is 30.3 Å². The van der Waals surface area contributed by atoms with E-state index in [0.29, 0.717) is 13.2 Å². The number of halogens is 2. The predicted molar refractivity (Wildman–Crippen MR) is 77.6 cm³/mol. The number of anilines is 1. The lowest BCUT2D eigenvalue weighted by Crippen LogP contribution is -2.24. The first-order valence-corrected chi connectivity index (χ1v) is 7.14. The SMILES string of the molecule is CCOC(=O)CC(O)CNc1ccc(Br)cc1Br. The fourth-order valence-electron chi connectivity index (χ4n) is 1.35. The lowest BCUT2D eigenvalue weighted by molar-refractivity contribution is -0.145. The van der Waals surface area contributed by atoms with Gasteiger partial charge in [-0.25, -0.2) is 0 Å². The van der Waals surface area contributed by atoms with Crippen molar-refractivity contribution in [1.29, 1.82) is 0 Å². The van der Waals surface area contributed by atoms with Crippen molar-refractivity contribution in [2.24, 2.45) is 0 Å². The average molecular weight is 381 g/mol. The number of aliphatic hydroxyl groups excluding tert-OH is 1. The summed E-state index contributed by atoms with van der Waals surface area (Å²) in [7, 11) is 0. The molecular formula is C12H15Br2NO3. The number of carbonyl (C=O) groups excluding carboxylic acids is 1. The third kappa shape index (κ3) is 5.37. The highest BCUT2D eigenvalue weighted by molar-refractivity contribution is 9.11. The van der Waals surface area contributed by atoms with E-state index < -0.39 is 6.10 Å². The van der Waals surface area contributed by atoms with Gasteiger partial charge in [0.1, 0.15) is 0 Å². The first-order valence-electron chi connectivity index (χ1n) is 5.55. The molecular weight excluding hydrogens is 366 g/mol. The zero-order valence-corrected chi connectivity index (χ0v) is 13.1. The highest BCUT2D eigenvalue weighted by Gasteiger charge is 2.11. The molecule has 0 saturated carbocycles. The number of ether oxygens (including phenoxy) is 1. The molecule has 1 aromatic rings. The lowest BCUT2D eigenvalue weighted by Gasteiger charge is -2.13. The van der Waals surface area contributed by atoms with Crippen LogP contribution in [0.3, 0.4) is 0 Å². The van der Waals surface area contributed by atoms with Crippen LogP contribution in [-0.2, 0) is 9.53 Å². The van der Waals surface area contributed by atoms with E-state index >= 15 is 0 Å². The monoisotopic (exact) mass is 379 g/mol. The molecule has 0 radical (unpaired) electrons. The van der Waals surface area contributed by atoms with E-state index in [2.05, 4.69) is 37.2 Å². The molecule has 1 aromatic carbocycles. The summed E-state index contributed by atoms with van der Waals surface area (Å²) in [6, 6.07) is 5.68. The molecule has 2 N–H and O–H groups in total. The molecule has 0 aromatic heterocycles. The van der Waals surface area contributed by atoms with E-state index in [0.717, 1.165) is 14.6 Å². The highest BCUT2D eigenvalue weighted by Crippen LogP contribution is 2.26. The normalized spacial score (nSPS) is 12.0. The second kappa shape index (κ2) is 7.76. The molecule has 1 unspecified atom stereocenters. The van der Waals surface area contributed by atoms with E-state index in [1.54, 1.807) is 6.92 Å². The van der Waals surface area contributed by atoms with Gasteiger partial charge in [0.15, 0.2) is 0 Å². The van der Waals surface area contributed by atoms with Gasteiger partial charge in [0.2, 0.25) is 0 Å². The van der Waals surface area contributed by atoms with E-state index in [1.165, 1.54) is 0 Å². The Kier molecular flexibility index (Phi) is 6.67. The molecule has 0 aliphatic carbocycles. The van der Waals surface area contributed by atoms with Crippen LogP contribution in [0.4, 0.5) is 5.69 Å². The molecule has 0 spiro atoms. The standard InChI is InChI=1S/C12H15Br2NO3/c1-2-18-12(17)6-9(16)7-15-11-4-3-8(13)5-10(11)14/h3-5,9,15-16H,2,6-7H2,1H3. The van der Waals surface area contributed by atoms with Crippen LogP contribution in [0.5, 0.6) is 0 Å². The summed E-state index contributed by atoms with van der Waals surface area (Å²) in [5.74, 6) is -0.387. The van der Waals surface area contributed by atoms with Gasteiger partial charge in [-0.1, -0.05) is 15.9 Å². The number of hydrogen-bond donors (Lipinski definition) is 2. The Morgan fingerprint density at radius 1 is 1.50 bits per heavy atom. The number of esters is 1. The van der Waals surface area contributed by atoms with E-state index in [9.17, 15) is 9.90 Å². The molecule has 6 heteroatoms. The Labute approximate surface area is 123 Å². The number of benzene rings is 1. The average Bonchev–Trinajstić information content (AvgIpc) is 2.28. The summed E-state index contributed by atoms with van der Waals surface area (Å²) in [6.07, 6.45) is -0.769. The zero-order chi connectivity index (χ0) is 13.5. The third-order valence-electron chi connectivity index (χ3n) is 2.17. The number of carbonyl (C=O) groups is 1. The van der Waals surface area contributed by atoms with E-state index in [4.69, 9.17) is 4.74 Å². The van der Waals surface area contributed by atoms with Crippen molar-refractivity contribution in [2.75, 3.05) is 18.5 Å². The zero-order valence-electron chi connectivity index (χ0n) is 9.95. The molecule has 0 bridgehead atoms. The smallest absolute Gasteiger partial charge is 0.308 e. The maximum absolute atomic E-state index is 11.2. The summed E-state index contributed by atoms with van der Waals surface area (Å²) >= 11 is 6.77. The minimum atomic E-state index is -0.764. The van der Waals surface area contributed by atoms with Crippen molar-refractivity contribution < 1.29 is 14.6 Å². The molecule has 0 amide bonds. The number of aliphatic hydroxyl groups is 1. The summed E-state index contributed by atoms with van der Waals surface area (Å²) in [4.78, 5) is 11.2. The molecule has 100 valence electrons. The molecule has 0 heterocycles. The summed E-state index contributed by atoms with van der Waals surface area (Å²) in [5.41, 5.74) is 0.862. The first-order chi connectivity index (χ1) is 8.52. The van der Waals surface area contributed by atoms with Crippen LogP contribution in [0.25, 0.3) is 0 Å². The Bertz CT molecular complexity index is 412. The van der Waals surface area contributed by atoms with Crippen LogP contribution < -0.4 is 5.32 Å². The summed E-state index contributed by atoms with van der Waals surface area (Å²) in [5, 5.41) is 12.7. The predicted octanol–water partition coefficient (Wildman–Crippen LogP) is 2.94. The lowest BCUT2D eigenvalue weighted by atomic mass is 10.2. The van der Waals surface area contributed by atoms with Crippen molar-refractivity contribution >= 4 is 43.5 Å². The van der Waals surface area contributed by atoms with Crippen molar-refractivity contribution in [3.63, 3.8) is 0 Å². The van der Waals surface area contributed by atoms with Gasteiger partial charge in [0, 0.05) is 21.2 Å². The van der Waals surface area contributed by atoms with Crippen LogP contribution in [0, 0.1) is 0 Å². The summed E-state index contributed by atoms with van der Waals surface area (Å²) in [6.45, 7) is 2.36. The molecule has 1 rings (SSSR count). The van der Waals surface area contributed by atoms with Gasteiger partial charge in [-0.2, -0.15) is 0 Å². The van der Waals surface area contributed by atoms with Gasteiger partial charge in [-0.05, 0) is 41.1 Å².